The van der Waals surface area contributed by atoms with Crippen LogP contribution in [0, 0.1) is 5.82 Å². The minimum Gasteiger partial charge on any atom is -0.491 e. The first kappa shape index (κ1) is 17.1. The molecule has 0 aliphatic carbocycles. The molecule has 6 nitrogen and oxygen atoms in total. The molecule has 2 rings (SSSR count). The zero-order valence-corrected chi connectivity index (χ0v) is 13.4. The van der Waals surface area contributed by atoms with Crippen molar-refractivity contribution in [2.24, 2.45) is 0 Å². The number of benzene rings is 1. The van der Waals surface area contributed by atoms with Gasteiger partial charge < -0.3 is 9.47 Å². The number of hydrogen-bond acceptors (Lipinski definition) is 5. The van der Waals surface area contributed by atoms with Gasteiger partial charge in [-0.2, -0.15) is 0 Å². The maximum Gasteiger partial charge on any atom is 0.240 e. The molecule has 0 amide bonds. The van der Waals surface area contributed by atoms with E-state index in [-0.39, 0.29) is 17.2 Å². The van der Waals surface area contributed by atoms with E-state index >= 15 is 0 Å². The van der Waals surface area contributed by atoms with Crippen LogP contribution in [-0.4, -0.2) is 59.3 Å². The van der Waals surface area contributed by atoms with Crippen molar-refractivity contribution in [3.63, 3.8) is 0 Å². The highest BCUT2D eigenvalue weighted by atomic mass is 32.2. The van der Waals surface area contributed by atoms with Gasteiger partial charge in [-0.05, 0) is 25.1 Å². The predicted octanol–water partition coefficient (Wildman–Crippen LogP) is 0.835. The summed E-state index contributed by atoms with van der Waals surface area (Å²) in [6.07, 6.45) is 0. The summed E-state index contributed by atoms with van der Waals surface area (Å²) in [4.78, 5) is 2.01. The molecule has 1 saturated heterocycles. The van der Waals surface area contributed by atoms with E-state index in [0.29, 0.717) is 26.4 Å². The van der Waals surface area contributed by atoms with Crippen molar-refractivity contribution in [3.05, 3.63) is 24.0 Å². The van der Waals surface area contributed by atoms with Gasteiger partial charge in [0.05, 0.1) is 24.7 Å². The Morgan fingerprint density at radius 1 is 1.36 bits per heavy atom. The number of ether oxygens (including phenoxy) is 2. The topological polar surface area (TPSA) is 67.9 Å². The van der Waals surface area contributed by atoms with Gasteiger partial charge in [-0.1, -0.05) is 0 Å². The second-order valence-electron chi connectivity index (χ2n) is 4.88. The fourth-order valence-corrected chi connectivity index (χ4v) is 3.20. The Morgan fingerprint density at radius 2 is 2.09 bits per heavy atom. The van der Waals surface area contributed by atoms with Gasteiger partial charge in [0.15, 0.2) is 11.6 Å². The van der Waals surface area contributed by atoms with Crippen molar-refractivity contribution >= 4 is 10.0 Å². The highest BCUT2D eigenvalue weighted by Crippen LogP contribution is 2.20. The Balaban J connectivity index is 1.93. The standard InChI is InChI=1S/C14H21FN2O4S/c1-2-21-14-4-3-12(11-13(14)15)22(18,19)16-5-6-17-7-9-20-10-8-17/h3-4,11,16H,2,5-10H2,1H3. The van der Waals surface area contributed by atoms with Gasteiger partial charge in [0.1, 0.15) is 0 Å². The molecule has 1 aromatic carbocycles. The largest absolute Gasteiger partial charge is 0.491 e. The predicted molar refractivity (Wildman–Crippen MR) is 80.0 cm³/mol. The van der Waals surface area contributed by atoms with E-state index in [0.717, 1.165) is 19.2 Å². The average molecular weight is 332 g/mol. The second-order valence-corrected chi connectivity index (χ2v) is 6.64. The van der Waals surface area contributed by atoms with E-state index in [2.05, 4.69) is 9.62 Å². The summed E-state index contributed by atoms with van der Waals surface area (Å²) in [6.45, 7) is 5.84. The lowest BCUT2D eigenvalue weighted by atomic mass is 10.3. The molecule has 0 saturated carbocycles. The Bertz CT molecular complexity index is 589. The van der Waals surface area contributed by atoms with Crippen LogP contribution in [0.3, 0.4) is 0 Å². The number of halogens is 1. The molecule has 22 heavy (non-hydrogen) atoms. The average Bonchev–Trinajstić information content (AvgIpc) is 2.50. The van der Waals surface area contributed by atoms with E-state index in [9.17, 15) is 12.8 Å². The maximum atomic E-state index is 13.7. The first-order chi connectivity index (χ1) is 10.5. The molecule has 8 heteroatoms. The van der Waals surface area contributed by atoms with Crippen LogP contribution in [-0.2, 0) is 14.8 Å². The van der Waals surface area contributed by atoms with Gasteiger partial charge in [-0.15, -0.1) is 0 Å². The number of nitrogens with zero attached hydrogens (tertiary/aromatic N) is 1. The Hall–Kier alpha value is -1.22. The minimum atomic E-state index is -3.72. The summed E-state index contributed by atoms with van der Waals surface area (Å²) in [5.74, 6) is -0.632. The van der Waals surface area contributed by atoms with Crippen molar-refractivity contribution < 1.29 is 22.3 Å². The smallest absolute Gasteiger partial charge is 0.240 e. The molecule has 0 bridgehead atoms. The summed E-state index contributed by atoms with van der Waals surface area (Å²) < 4.78 is 50.8. The first-order valence-corrected chi connectivity index (χ1v) is 8.73. The quantitative estimate of drug-likeness (QED) is 0.801. The molecule has 0 aromatic heterocycles. The molecule has 1 N–H and O–H groups in total. The molecular formula is C14H21FN2O4S. The lowest BCUT2D eigenvalue weighted by Gasteiger charge is -2.26. The monoisotopic (exact) mass is 332 g/mol. The van der Waals surface area contributed by atoms with Crippen LogP contribution in [0.1, 0.15) is 6.92 Å². The Morgan fingerprint density at radius 3 is 2.73 bits per heavy atom. The normalized spacial score (nSPS) is 16.6. The van der Waals surface area contributed by atoms with Crippen LogP contribution in [0.5, 0.6) is 5.75 Å². The van der Waals surface area contributed by atoms with Crippen molar-refractivity contribution in [3.8, 4) is 5.75 Å². The SMILES string of the molecule is CCOc1ccc(S(=O)(=O)NCCN2CCOCC2)cc1F. The molecule has 1 aliphatic rings. The third kappa shape index (κ3) is 4.64. The third-order valence-corrected chi connectivity index (χ3v) is 4.80. The number of morpholine rings is 1. The van der Waals surface area contributed by atoms with Crippen LogP contribution < -0.4 is 9.46 Å². The number of rotatable bonds is 7. The van der Waals surface area contributed by atoms with Crippen LogP contribution >= 0.6 is 0 Å². The van der Waals surface area contributed by atoms with Crippen LogP contribution in [0.15, 0.2) is 23.1 Å². The maximum absolute atomic E-state index is 13.7. The van der Waals surface area contributed by atoms with Gasteiger partial charge >= 0.3 is 0 Å². The molecule has 1 heterocycles. The molecule has 124 valence electrons. The molecule has 0 radical (unpaired) electrons. The van der Waals surface area contributed by atoms with Gasteiger partial charge in [-0.3, -0.25) is 4.90 Å². The van der Waals surface area contributed by atoms with E-state index in [1.54, 1.807) is 6.92 Å². The molecular weight excluding hydrogens is 311 g/mol. The van der Waals surface area contributed by atoms with E-state index in [1.807, 2.05) is 0 Å². The Kier molecular flexibility index (Phi) is 6.13. The second kappa shape index (κ2) is 7.87. The highest BCUT2D eigenvalue weighted by molar-refractivity contribution is 7.89. The fourth-order valence-electron chi connectivity index (χ4n) is 2.17. The summed E-state index contributed by atoms with van der Waals surface area (Å²) >= 11 is 0. The van der Waals surface area contributed by atoms with Gasteiger partial charge in [0, 0.05) is 26.2 Å². The van der Waals surface area contributed by atoms with Gasteiger partial charge in [0.25, 0.3) is 0 Å². The Labute approximate surface area is 130 Å². The first-order valence-electron chi connectivity index (χ1n) is 7.25. The van der Waals surface area contributed by atoms with E-state index in [1.165, 1.54) is 12.1 Å². The van der Waals surface area contributed by atoms with Gasteiger partial charge in [0.2, 0.25) is 10.0 Å². The lowest BCUT2D eigenvalue weighted by molar-refractivity contribution is 0.0390. The molecule has 1 fully saturated rings. The van der Waals surface area contributed by atoms with Crippen molar-refractivity contribution in [1.82, 2.24) is 9.62 Å². The number of sulfonamides is 1. The molecule has 1 aromatic rings. The van der Waals surface area contributed by atoms with Crippen molar-refractivity contribution in [2.75, 3.05) is 46.0 Å². The molecule has 0 spiro atoms. The minimum absolute atomic E-state index is 0.0507. The number of nitrogens with one attached hydrogen (secondary N) is 1. The summed E-state index contributed by atoms with van der Waals surface area (Å²) in [5, 5.41) is 0. The van der Waals surface area contributed by atoms with Crippen LogP contribution in [0.4, 0.5) is 4.39 Å². The zero-order chi connectivity index (χ0) is 16.0. The lowest BCUT2D eigenvalue weighted by Crippen LogP contribution is -2.41. The molecule has 1 aliphatic heterocycles. The third-order valence-electron chi connectivity index (χ3n) is 3.34. The van der Waals surface area contributed by atoms with Gasteiger partial charge in [-0.25, -0.2) is 17.5 Å². The van der Waals surface area contributed by atoms with Crippen molar-refractivity contribution in [1.29, 1.82) is 0 Å². The summed E-state index contributed by atoms with van der Waals surface area (Å²) in [5.41, 5.74) is 0. The molecule has 0 unspecified atom stereocenters. The van der Waals surface area contributed by atoms with E-state index < -0.39 is 15.8 Å². The molecule has 0 atom stereocenters. The van der Waals surface area contributed by atoms with Crippen molar-refractivity contribution in [2.45, 2.75) is 11.8 Å². The summed E-state index contributed by atoms with van der Waals surface area (Å²) in [6, 6.07) is 3.64. The van der Waals surface area contributed by atoms with E-state index in [4.69, 9.17) is 9.47 Å². The van der Waals surface area contributed by atoms with Crippen LogP contribution in [0.2, 0.25) is 0 Å². The van der Waals surface area contributed by atoms with Crippen LogP contribution in [0.25, 0.3) is 0 Å². The number of hydrogen-bond donors (Lipinski definition) is 1. The highest BCUT2D eigenvalue weighted by Gasteiger charge is 2.17. The fraction of sp³-hybridized carbons (Fsp3) is 0.571. The summed E-state index contributed by atoms with van der Waals surface area (Å²) in [7, 11) is -3.72. The zero-order valence-electron chi connectivity index (χ0n) is 12.5.